The zero-order valence-corrected chi connectivity index (χ0v) is 22.9. The summed E-state index contributed by atoms with van der Waals surface area (Å²) in [6.07, 6.45) is -0.811. The number of nitrogens with zero attached hydrogens (tertiary/aromatic N) is 2. The van der Waals surface area contributed by atoms with Gasteiger partial charge in [0.05, 0.1) is 22.6 Å². The molecule has 4 aromatic rings. The van der Waals surface area contributed by atoms with E-state index in [1.807, 2.05) is 13.8 Å². The van der Waals surface area contributed by atoms with Crippen molar-refractivity contribution in [2.45, 2.75) is 44.6 Å². The lowest BCUT2D eigenvalue weighted by Crippen LogP contribution is -2.50. The van der Waals surface area contributed by atoms with Crippen molar-refractivity contribution in [2.75, 3.05) is 24.2 Å². The number of rotatable bonds is 9. The smallest absolute Gasteiger partial charge is 0.258 e. The van der Waals surface area contributed by atoms with Gasteiger partial charge in [0.25, 0.3) is 5.91 Å². The topological polar surface area (TPSA) is 73.0 Å². The van der Waals surface area contributed by atoms with Crippen LogP contribution in [0.4, 0.5) is 34.8 Å². The molecule has 1 atom stereocenters. The van der Waals surface area contributed by atoms with Gasteiger partial charge >= 0.3 is 0 Å². The Balaban J connectivity index is 1.50. The number of carbonyl (C=O) groups is 1. The summed E-state index contributed by atoms with van der Waals surface area (Å²) in [5.41, 5.74) is 3.22. The second-order valence-corrected chi connectivity index (χ2v) is 10.9. The van der Waals surface area contributed by atoms with Crippen molar-refractivity contribution in [3.05, 3.63) is 95.3 Å². The van der Waals surface area contributed by atoms with Crippen molar-refractivity contribution >= 4 is 23.1 Å². The molecule has 0 spiro atoms. The number of anilines is 3. The summed E-state index contributed by atoms with van der Waals surface area (Å²) in [6.45, 7) is 4.10. The Bertz CT molecular complexity index is 1550. The van der Waals surface area contributed by atoms with Crippen LogP contribution < -0.4 is 10.6 Å². The van der Waals surface area contributed by atoms with Gasteiger partial charge in [-0.25, -0.2) is 22.5 Å². The van der Waals surface area contributed by atoms with Crippen LogP contribution in [0.3, 0.4) is 0 Å². The van der Waals surface area contributed by atoms with Crippen LogP contribution in [0.15, 0.2) is 66.9 Å². The van der Waals surface area contributed by atoms with Gasteiger partial charge in [-0.1, -0.05) is 24.3 Å². The molecule has 0 fully saturated rings. The Morgan fingerprint density at radius 1 is 1.07 bits per heavy atom. The van der Waals surface area contributed by atoms with E-state index < -0.39 is 35.9 Å². The normalized spacial score (nSPS) is 15.1. The second kappa shape index (κ2) is 11.3. The number of amides is 1. The van der Waals surface area contributed by atoms with Gasteiger partial charge in [-0.2, -0.15) is 0 Å². The van der Waals surface area contributed by atoms with Gasteiger partial charge in [0.15, 0.2) is 0 Å². The fourth-order valence-corrected chi connectivity index (χ4v) is 5.15. The molecular weight excluding hydrogens is 534 g/mol. The second-order valence-electron chi connectivity index (χ2n) is 10.9. The number of likely N-dealkylation sites (N-methyl/N-ethyl adjacent to an activating group) is 1. The van der Waals surface area contributed by atoms with E-state index in [9.17, 15) is 22.4 Å². The molecule has 0 saturated carbocycles. The molecule has 3 heterocycles. The van der Waals surface area contributed by atoms with Crippen molar-refractivity contribution in [3.63, 3.8) is 0 Å². The molecule has 0 bridgehead atoms. The summed E-state index contributed by atoms with van der Waals surface area (Å²) >= 11 is 0. The van der Waals surface area contributed by atoms with Crippen molar-refractivity contribution in [1.82, 2.24) is 14.9 Å². The fourth-order valence-electron chi connectivity index (χ4n) is 5.15. The maximum absolute atomic E-state index is 14.7. The van der Waals surface area contributed by atoms with Gasteiger partial charge in [0, 0.05) is 55.3 Å². The number of aromatic amines is 1. The minimum atomic E-state index is -2.54. The predicted octanol–water partition coefficient (Wildman–Crippen LogP) is 7.36. The maximum atomic E-state index is 14.7. The van der Waals surface area contributed by atoms with E-state index in [0.29, 0.717) is 40.3 Å². The first-order valence-corrected chi connectivity index (χ1v) is 13.3. The molecule has 41 heavy (non-hydrogen) atoms. The standard InChI is InChI=1S/C31H31F4N5O/c1-31(2)16-24-27(30(41)40(31)3)29(38-23-7-5-4-6-22(23)33)28(39-24)19-12-13-36-26(15-19)37-17-20(14-25(34)35)18-8-10-21(32)11-9-18/h4-13,15,20,25,38-39H,14,16-17H2,1-3H3,(H,36,37). The first kappa shape index (κ1) is 28.2. The Kier molecular flexibility index (Phi) is 7.75. The molecule has 214 valence electrons. The van der Waals surface area contributed by atoms with Crippen LogP contribution in [0.2, 0.25) is 0 Å². The van der Waals surface area contributed by atoms with Crippen LogP contribution in [0.25, 0.3) is 11.3 Å². The lowest BCUT2D eigenvalue weighted by atomic mass is 9.89. The minimum Gasteiger partial charge on any atom is -0.369 e. The SMILES string of the molecule is CN1C(=O)c2c([nH]c(-c3ccnc(NCC(CC(F)F)c4ccc(F)cc4)c3)c2Nc2ccccc2F)CC1(C)C. The number of halogens is 4. The Hall–Kier alpha value is -4.34. The van der Waals surface area contributed by atoms with Crippen molar-refractivity contribution in [3.8, 4) is 11.3 Å². The molecule has 10 heteroatoms. The number of carbonyl (C=O) groups excluding carboxylic acids is 1. The summed E-state index contributed by atoms with van der Waals surface area (Å²) < 4.78 is 54.8. The number of hydrogen-bond donors (Lipinski definition) is 3. The van der Waals surface area contributed by atoms with E-state index in [-0.39, 0.29) is 18.1 Å². The van der Waals surface area contributed by atoms with Gasteiger partial charge in [-0.05, 0) is 55.8 Å². The average molecular weight is 566 g/mol. The third-order valence-corrected chi connectivity index (χ3v) is 7.63. The van der Waals surface area contributed by atoms with Gasteiger partial charge in [0.1, 0.15) is 17.5 Å². The molecule has 2 aromatic heterocycles. The van der Waals surface area contributed by atoms with E-state index >= 15 is 0 Å². The molecule has 0 saturated heterocycles. The number of benzene rings is 2. The molecule has 2 aromatic carbocycles. The number of para-hydroxylation sites is 1. The van der Waals surface area contributed by atoms with Gasteiger partial charge in [0.2, 0.25) is 6.43 Å². The summed E-state index contributed by atoms with van der Waals surface area (Å²) in [5, 5.41) is 6.27. The summed E-state index contributed by atoms with van der Waals surface area (Å²) in [7, 11) is 1.75. The highest BCUT2D eigenvalue weighted by Gasteiger charge is 2.39. The van der Waals surface area contributed by atoms with E-state index in [2.05, 4.69) is 20.6 Å². The average Bonchev–Trinajstić information content (AvgIpc) is 3.28. The third-order valence-electron chi connectivity index (χ3n) is 7.63. The van der Waals surface area contributed by atoms with Crippen LogP contribution in [0.1, 0.15) is 47.8 Å². The number of nitrogens with one attached hydrogen (secondary N) is 3. The molecule has 1 amide bonds. The van der Waals surface area contributed by atoms with Gasteiger partial charge < -0.3 is 20.5 Å². The molecule has 0 aliphatic carbocycles. The first-order valence-electron chi connectivity index (χ1n) is 13.3. The molecule has 3 N–H and O–H groups in total. The van der Waals surface area contributed by atoms with E-state index in [0.717, 1.165) is 5.69 Å². The highest BCUT2D eigenvalue weighted by atomic mass is 19.3. The van der Waals surface area contributed by atoms with Crippen LogP contribution in [-0.4, -0.2) is 46.3 Å². The van der Waals surface area contributed by atoms with Crippen LogP contribution in [0.5, 0.6) is 0 Å². The summed E-state index contributed by atoms with van der Waals surface area (Å²) in [6, 6.07) is 15.2. The monoisotopic (exact) mass is 565 g/mol. The fraction of sp³-hybridized carbons (Fsp3) is 0.290. The van der Waals surface area contributed by atoms with Crippen molar-refractivity contribution in [1.29, 1.82) is 0 Å². The maximum Gasteiger partial charge on any atom is 0.258 e. The number of pyridine rings is 1. The number of fused-ring (bicyclic) bond motifs is 1. The predicted molar refractivity (Wildman–Crippen MR) is 152 cm³/mol. The van der Waals surface area contributed by atoms with Crippen LogP contribution >= 0.6 is 0 Å². The Morgan fingerprint density at radius 2 is 1.80 bits per heavy atom. The minimum absolute atomic E-state index is 0.144. The lowest BCUT2D eigenvalue weighted by Gasteiger charge is -2.39. The zero-order valence-electron chi connectivity index (χ0n) is 22.9. The molecule has 1 aliphatic rings. The van der Waals surface area contributed by atoms with Gasteiger partial charge in [-0.15, -0.1) is 0 Å². The molecule has 1 unspecified atom stereocenters. The molecule has 6 nitrogen and oxygen atoms in total. The number of alkyl halides is 2. The summed E-state index contributed by atoms with van der Waals surface area (Å²) in [5.74, 6) is -1.24. The van der Waals surface area contributed by atoms with Crippen LogP contribution in [-0.2, 0) is 6.42 Å². The molecular formula is C31H31F4N5O. The third kappa shape index (κ3) is 5.91. The lowest BCUT2D eigenvalue weighted by molar-refractivity contribution is 0.0591. The van der Waals surface area contributed by atoms with Crippen molar-refractivity contribution < 1.29 is 22.4 Å². The largest absolute Gasteiger partial charge is 0.369 e. The zero-order chi connectivity index (χ0) is 29.3. The molecule has 5 rings (SSSR count). The van der Waals surface area contributed by atoms with E-state index in [1.54, 1.807) is 48.5 Å². The number of aromatic nitrogens is 2. The van der Waals surface area contributed by atoms with E-state index in [4.69, 9.17) is 0 Å². The highest BCUT2D eigenvalue weighted by Crippen LogP contribution is 2.41. The Labute approximate surface area is 235 Å². The summed E-state index contributed by atoms with van der Waals surface area (Å²) in [4.78, 5) is 22.9. The molecule has 1 aliphatic heterocycles. The quantitative estimate of drug-likeness (QED) is 0.186. The number of hydrogen-bond acceptors (Lipinski definition) is 4. The Morgan fingerprint density at radius 3 is 2.51 bits per heavy atom. The first-order chi connectivity index (χ1) is 19.5. The molecule has 0 radical (unpaired) electrons. The van der Waals surface area contributed by atoms with Crippen LogP contribution in [0, 0.1) is 11.6 Å². The number of H-pyrrole nitrogens is 1. The van der Waals surface area contributed by atoms with Gasteiger partial charge in [-0.3, -0.25) is 4.79 Å². The highest BCUT2D eigenvalue weighted by molar-refractivity contribution is 6.06. The van der Waals surface area contributed by atoms with Crippen molar-refractivity contribution in [2.24, 2.45) is 0 Å². The van der Waals surface area contributed by atoms with E-state index in [1.165, 1.54) is 30.3 Å².